The number of hydrogen-bond donors (Lipinski definition) is 2. The van der Waals surface area contributed by atoms with E-state index in [9.17, 15) is 14.4 Å². The van der Waals surface area contributed by atoms with Crippen molar-refractivity contribution in [1.29, 1.82) is 0 Å². The van der Waals surface area contributed by atoms with Gasteiger partial charge in [0.25, 0.3) is 0 Å². The van der Waals surface area contributed by atoms with Crippen molar-refractivity contribution in [2.75, 3.05) is 106 Å². The highest BCUT2D eigenvalue weighted by atomic mass is 16.6. The first-order valence-corrected chi connectivity index (χ1v) is 18.7. The average molecular weight is 708 g/mol. The molecular formula is C36H69NO12. The second kappa shape index (κ2) is 40.6. The van der Waals surface area contributed by atoms with E-state index in [2.05, 4.69) is 17.0 Å². The van der Waals surface area contributed by atoms with E-state index in [1.54, 1.807) is 0 Å². The molecular weight excluding hydrogens is 638 g/mol. The summed E-state index contributed by atoms with van der Waals surface area (Å²) in [5.74, 6) is -1.66. The van der Waals surface area contributed by atoms with E-state index < -0.39 is 18.5 Å². The first-order chi connectivity index (χ1) is 24.1. The lowest BCUT2D eigenvalue weighted by molar-refractivity contribution is -0.146. The van der Waals surface area contributed by atoms with E-state index in [-0.39, 0.29) is 19.2 Å². The number of carboxylic acid groups (broad SMARTS) is 1. The van der Waals surface area contributed by atoms with Gasteiger partial charge in [-0.3, -0.25) is 9.59 Å². The van der Waals surface area contributed by atoms with Gasteiger partial charge in [0.15, 0.2) is 0 Å². The quantitative estimate of drug-likeness (QED) is 0.0641. The summed E-state index contributed by atoms with van der Waals surface area (Å²) in [4.78, 5) is 33.5. The third-order valence-electron chi connectivity index (χ3n) is 7.36. The van der Waals surface area contributed by atoms with Crippen molar-refractivity contribution in [2.45, 2.75) is 110 Å². The molecule has 0 saturated heterocycles. The molecule has 13 nitrogen and oxygen atoms in total. The summed E-state index contributed by atoms with van der Waals surface area (Å²) in [5, 5.41) is 11.0. The second-order valence-corrected chi connectivity index (χ2v) is 11.8. The first-order valence-electron chi connectivity index (χ1n) is 18.7. The molecule has 0 unspecified atom stereocenters. The molecule has 0 aromatic carbocycles. The fourth-order valence-corrected chi connectivity index (χ4v) is 4.67. The van der Waals surface area contributed by atoms with Crippen LogP contribution in [0.25, 0.3) is 0 Å². The maximum Gasteiger partial charge on any atom is 0.329 e. The molecule has 0 bridgehead atoms. The Morgan fingerprint density at radius 3 is 1.22 bits per heavy atom. The maximum absolute atomic E-state index is 11.9. The van der Waals surface area contributed by atoms with Crippen LogP contribution in [-0.4, -0.2) is 129 Å². The Hall–Kier alpha value is -1.87. The standard InChI is InChI=1S/C36H69NO12/c1-2-3-4-5-6-7-8-9-10-11-12-13-14-15-16-17-36(41)49-31-30-47-29-28-46-27-26-45-25-24-44-23-22-43-21-20-42-19-18-37-34(38)32-48-33-35(39)40/h2-33H2,1H3,(H,37,38)(H,39,40). The molecule has 49 heavy (non-hydrogen) atoms. The molecule has 0 saturated carbocycles. The highest BCUT2D eigenvalue weighted by Gasteiger charge is 2.04. The Morgan fingerprint density at radius 1 is 0.449 bits per heavy atom. The summed E-state index contributed by atoms with van der Waals surface area (Å²) in [5.41, 5.74) is 0. The van der Waals surface area contributed by atoms with Crippen LogP contribution in [0.4, 0.5) is 0 Å². The van der Waals surface area contributed by atoms with Crippen LogP contribution in [0.2, 0.25) is 0 Å². The zero-order chi connectivity index (χ0) is 35.7. The van der Waals surface area contributed by atoms with Gasteiger partial charge in [-0.2, -0.15) is 0 Å². The monoisotopic (exact) mass is 707 g/mol. The lowest BCUT2D eigenvalue weighted by Gasteiger charge is -2.09. The summed E-state index contributed by atoms with van der Waals surface area (Å²) in [6, 6.07) is 0. The van der Waals surface area contributed by atoms with Crippen LogP contribution in [0.3, 0.4) is 0 Å². The van der Waals surface area contributed by atoms with Gasteiger partial charge in [0, 0.05) is 13.0 Å². The van der Waals surface area contributed by atoms with E-state index >= 15 is 0 Å². The highest BCUT2D eigenvalue weighted by Crippen LogP contribution is 2.13. The Kier molecular flexibility index (Phi) is 39.0. The molecule has 0 rings (SSSR count). The minimum atomic E-state index is -1.12. The number of rotatable bonds is 41. The number of unbranched alkanes of at least 4 members (excludes halogenated alkanes) is 14. The largest absolute Gasteiger partial charge is 0.480 e. The normalized spacial score (nSPS) is 11.2. The van der Waals surface area contributed by atoms with Crippen molar-refractivity contribution in [1.82, 2.24) is 5.32 Å². The summed E-state index contributed by atoms with van der Waals surface area (Å²) in [6.07, 6.45) is 20.1. The van der Waals surface area contributed by atoms with Crippen molar-refractivity contribution >= 4 is 17.8 Å². The number of ether oxygens (including phenoxy) is 8. The summed E-state index contributed by atoms with van der Waals surface area (Å²) >= 11 is 0. The van der Waals surface area contributed by atoms with Gasteiger partial charge in [-0.25, -0.2) is 4.79 Å². The lowest BCUT2D eigenvalue weighted by atomic mass is 10.0. The van der Waals surface area contributed by atoms with Gasteiger partial charge in [-0.05, 0) is 6.42 Å². The molecule has 0 heterocycles. The fourth-order valence-electron chi connectivity index (χ4n) is 4.67. The van der Waals surface area contributed by atoms with Crippen LogP contribution in [0.5, 0.6) is 0 Å². The molecule has 0 radical (unpaired) electrons. The van der Waals surface area contributed by atoms with Gasteiger partial charge in [0.1, 0.15) is 19.8 Å². The number of aliphatic carboxylic acids is 1. The van der Waals surface area contributed by atoms with Crippen molar-refractivity contribution in [3.63, 3.8) is 0 Å². The smallest absolute Gasteiger partial charge is 0.329 e. The molecule has 0 aromatic heterocycles. The van der Waals surface area contributed by atoms with Crippen molar-refractivity contribution in [3.8, 4) is 0 Å². The molecule has 0 aliphatic rings. The number of carboxylic acids is 1. The number of nitrogens with one attached hydrogen (secondary N) is 1. The highest BCUT2D eigenvalue weighted by molar-refractivity contribution is 5.77. The molecule has 0 aliphatic heterocycles. The topological polar surface area (TPSA) is 157 Å². The molecule has 0 spiro atoms. The number of esters is 1. The van der Waals surface area contributed by atoms with Gasteiger partial charge >= 0.3 is 11.9 Å². The van der Waals surface area contributed by atoms with Crippen LogP contribution in [-0.2, 0) is 52.3 Å². The molecule has 0 aromatic rings. The van der Waals surface area contributed by atoms with Crippen molar-refractivity contribution in [3.05, 3.63) is 0 Å². The van der Waals surface area contributed by atoms with E-state index in [1.807, 2.05) is 0 Å². The summed E-state index contributed by atoms with van der Waals surface area (Å²) in [6.45, 7) is 7.11. The number of carbonyl (C=O) groups excluding carboxylic acids is 2. The van der Waals surface area contributed by atoms with Gasteiger partial charge < -0.3 is 48.3 Å². The SMILES string of the molecule is CCCCCCCCCCCCCCCCCC(=O)OCCOCCOCCOCCOCCOCCOCCNC(=O)COCC(=O)O. The lowest BCUT2D eigenvalue weighted by Crippen LogP contribution is -2.31. The Bertz CT molecular complexity index is 728. The number of hydrogen-bond acceptors (Lipinski definition) is 11. The molecule has 0 fully saturated rings. The third kappa shape index (κ3) is 42.2. The molecule has 0 atom stereocenters. The maximum atomic E-state index is 11.9. The van der Waals surface area contributed by atoms with E-state index in [4.69, 9.17) is 38.3 Å². The Labute approximate surface area is 295 Å². The van der Waals surface area contributed by atoms with Crippen molar-refractivity contribution in [2.24, 2.45) is 0 Å². The second-order valence-electron chi connectivity index (χ2n) is 11.8. The summed E-state index contributed by atoms with van der Waals surface area (Å²) in [7, 11) is 0. The third-order valence-corrected chi connectivity index (χ3v) is 7.36. The molecule has 2 N–H and O–H groups in total. The molecule has 0 aliphatic carbocycles. The van der Waals surface area contributed by atoms with Crippen LogP contribution in [0.1, 0.15) is 110 Å². The number of amides is 1. The van der Waals surface area contributed by atoms with E-state index in [0.29, 0.717) is 92.2 Å². The minimum absolute atomic E-state index is 0.143. The number of carbonyl (C=O) groups is 3. The van der Waals surface area contributed by atoms with Gasteiger partial charge in [0.05, 0.1) is 79.3 Å². The Morgan fingerprint density at radius 2 is 0.816 bits per heavy atom. The van der Waals surface area contributed by atoms with E-state index in [0.717, 1.165) is 12.8 Å². The van der Waals surface area contributed by atoms with Gasteiger partial charge in [0.2, 0.25) is 5.91 Å². The predicted octanol–water partition coefficient (Wildman–Crippen LogP) is 5.11. The molecule has 290 valence electrons. The molecule has 13 heteroatoms. The van der Waals surface area contributed by atoms with Gasteiger partial charge in [-0.15, -0.1) is 0 Å². The molecule has 1 amide bonds. The van der Waals surface area contributed by atoms with E-state index in [1.165, 1.54) is 83.5 Å². The van der Waals surface area contributed by atoms with Crippen molar-refractivity contribution < 1.29 is 57.4 Å². The first kappa shape index (κ1) is 47.1. The Balaban J connectivity index is 3.18. The van der Waals surface area contributed by atoms with Crippen LogP contribution in [0.15, 0.2) is 0 Å². The average Bonchev–Trinajstić information content (AvgIpc) is 3.08. The zero-order valence-corrected chi connectivity index (χ0v) is 30.6. The predicted molar refractivity (Wildman–Crippen MR) is 187 cm³/mol. The minimum Gasteiger partial charge on any atom is -0.480 e. The zero-order valence-electron chi connectivity index (χ0n) is 30.6. The van der Waals surface area contributed by atoms with Gasteiger partial charge in [-0.1, -0.05) is 96.8 Å². The van der Waals surface area contributed by atoms with Crippen LogP contribution >= 0.6 is 0 Å². The fraction of sp³-hybridized carbons (Fsp3) is 0.917. The summed E-state index contributed by atoms with van der Waals surface area (Å²) < 4.78 is 42.4. The van der Waals surface area contributed by atoms with Crippen LogP contribution < -0.4 is 5.32 Å². The van der Waals surface area contributed by atoms with Crippen LogP contribution in [0, 0.1) is 0 Å².